The van der Waals surface area contributed by atoms with Crippen LogP contribution in [0.4, 0.5) is 5.69 Å². The van der Waals surface area contributed by atoms with E-state index in [1.54, 1.807) is 18.2 Å². The molecule has 3 rings (SSSR count). The average Bonchev–Trinajstić information content (AvgIpc) is 2.77. The van der Waals surface area contributed by atoms with E-state index in [9.17, 15) is 14.4 Å². The molecule has 2 aliphatic rings. The quantitative estimate of drug-likeness (QED) is 0.777. The number of hydrogen-bond donors (Lipinski definition) is 1. The smallest absolute Gasteiger partial charge is 0.307 e. The summed E-state index contributed by atoms with van der Waals surface area (Å²) in [5.74, 6) is -0.288. The van der Waals surface area contributed by atoms with Crippen LogP contribution in [-0.4, -0.2) is 30.9 Å². The first-order valence-electron chi connectivity index (χ1n) is 6.25. The fourth-order valence-electron chi connectivity index (χ4n) is 2.51. The molecule has 1 fully saturated rings. The van der Waals surface area contributed by atoms with Gasteiger partial charge in [0, 0.05) is 18.7 Å². The van der Waals surface area contributed by atoms with Gasteiger partial charge in [-0.3, -0.25) is 14.4 Å². The first kappa shape index (κ1) is 12.7. The molecule has 6 heteroatoms. The lowest BCUT2D eigenvalue weighted by atomic mass is 9.78. The van der Waals surface area contributed by atoms with E-state index in [4.69, 9.17) is 9.47 Å². The number of fused-ring (bicyclic) bond motifs is 1. The Bertz CT molecular complexity index is 624. The fraction of sp³-hybridized carbons (Fsp3) is 0.357. The molecule has 1 amide bonds. The van der Waals surface area contributed by atoms with Crippen LogP contribution in [0.25, 0.3) is 0 Å². The highest BCUT2D eigenvalue weighted by molar-refractivity contribution is 6.06. The summed E-state index contributed by atoms with van der Waals surface area (Å²) >= 11 is 0. The number of anilines is 1. The second-order valence-corrected chi connectivity index (χ2v) is 5.13. The highest BCUT2D eigenvalue weighted by Gasteiger charge is 2.51. The minimum absolute atomic E-state index is 0.0543. The maximum Gasteiger partial charge on any atom is 0.307 e. The van der Waals surface area contributed by atoms with Crippen LogP contribution in [0, 0.1) is 5.41 Å². The predicted octanol–water partition coefficient (Wildman–Crippen LogP) is 1.15. The van der Waals surface area contributed by atoms with Gasteiger partial charge in [-0.15, -0.1) is 0 Å². The average molecular weight is 275 g/mol. The van der Waals surface area contributed by atoms with E-state index in [1.165, 1.54) is 6.92 Å². The van der Waals surface area contributed by atoms with Crippen LogP contribution >= 0.6 is 0 Å². The molecule has 6 nitrogen and oxygen atoms in total. The van der Waals surface area contributed by atoms with Crippen LogP contribution in [0.15, 0.2) is 18.2 Å². The Morgan fingerprint density at radius 1 is 1.25 bits per heavy atom. The first-order valence-corrected chi connectivity index (χ1v) is 6.25. The van der Waals surface area contributed by atoms with Crippen molar-refractivity contribution in [1.82, 2.24) is 0 Å². The number of ketones is 1. The van der Waals surface area contributed by atoms with Crippen LogP contribution < -0.4 is 10.1 Å². The highest BCUT2D eigenvalue weighted by Crippen LogP contribution is 2.41. The third-order valence-corrected chi connectivity index (χ3v) is 3.52. The van der Waals surface area contributed by atoms with Gasteiger partial charge in [0.2, 0.25) is 5.91 Å². The maximum absolute atomic E-state index is 12.5. The van der Waals surface area contributed by atoms with Crippen LogP contribution in [0.1, 0.15) is 23.7 Å². The minimum Gasteiger partial charge on any atom is -0.492 e. The number of rotatable bonds is 1. The number of carbonyl (C=O) groups excluding carboxylic acids is 3. The normalized spacial score (nSPS) is 24.1. The molecular weight excluding hydrogens is 262 g/mol. The van der Waals surface area contributed by atoms with Crippen molar-refractivity contribution >= 4 is 23.3 Å². The third-order valence-electron chi connectivity index (χ3n) is 3.52. The number of carbonyl (C=O) groups is 3. The molecule has 1 atom stereocenters. The Hall–Kier alpha value is -2.37. The zero-order chi connectivity index (χ0) is 14.3. The van der Waals surface area contributed by atoms with Gasteiger partial charge in [0.25, 0.3) is 0 Å². The van der Waals surface area contributed by atoms with Crippen LogP contribution in [-0.2, 0) is 14.3 Å². The number of benzene rings is 1. The minimum atomic E-state index is -0.889. The molecule has 0 radical (unpaired) electrons. The van der Waals surface area contributed by atoms with E-state index in [-0.39, 0.29) is 37.3 Å². The Labute approximate surface area is 115 Å². The predicted molar refractivity (Wildman–Crippen MR) is 68.6 cm³/mol. The van der Waals surface area contributed by atoms with Crippen molar-refractivity contribution in [2.24, 2.45) is 5.41 Å². The second-order valence-electron chi connectivity index (χ2n) is 5.13. The Morgan fingerprint density at radius 2 is 2.00 bits per heavy atom. The SMILES string of the molecule is CC(=O)Nc1ccc2c(c1)OCC1(COC(=O)C1)C2=O. The van der Waals surface area contributed by atoms with Crippen molar-refractivity contribution in [3.8, 4) is 5.75 Å². The standard InChI is InChI=1S/C14H13NO5/c1-8(16)15-9-2-3-10-11(4-9)19-6-14(13(10)18)5-12(17)20-7-14/h2-4H,5-7H2,1H3,(H,15,16). The summed E-state index contributed by atoms with van der Waals surface area (Å²) in [6.07, 6.45) is 0.0543. The molecule has 104 valence electrons. The molecule has 2 heterocycles. The number of cyclic esters (lactones) is 1. The largest absolute Gasteiger partial charge is 0.492 e. The van der Waals surface area contributed by atoms with E-state index < -0.39 is 5.41 Å². The Balaban J connectivity index is 1.93. The highest BCUT2D eigenvalue weighted by atomic mass is 16.5. The van der Waals surface area contributed by atoms with Crippen molar-refractivity contribution in [3.05, 3.63) is 23.8 Å². The number of nitrogens with one attached hydrogen (secondary N) is 1. The van der Waals surface area contributed by atoms with E-state index in [2.05, 4.69) is 5.32 Å². The Kier molecular flexibility index (Phi) is 2.74. The summed E-state index contributed by atoms with van der Waals surface area (Å²) in [6.45, 7) is 1.59. The van der Waals surface area contributed by atoms with E-state index >= 15 is 0 Å². The monoisotopic (exact) mass is 275 g/mol. The summed E-state index contributed by atoms with van der Waals surface area (Å²) in [4.78, 5) is 34.8. The topological polar surface area (TPSA) is 81.7 Å². The summed E-state index contributed by atoms with van der Waals surface area (Å²) in [6, 6.07) is 4.85. The number of amides is 1. The van der Waals surface area contributed by atoms with Gasteiger partial charge in [-0.2, -0.15) is 0 Å². The Morgan fingerprint density at radius 3 is 2.65 bits per heavy atom. The lowest BCUT2D eigenvalue weighted by molar-refractivity contribution is -0.137. The molecule has 1 saturated heterocycles. The van der Waals surface area contributed by atoms with E-state index in [0.717, 1.165) is 0 Å². The van der Waals surface area contributed by atoms with Crippen molar-refractivity contribution in [1.29, 1.82) is 0 Å². The van der Waals surface area contributed by atoms with Crippen LogP contribution in [0.5, 0.6) is 5.75 Å². The van der Waals surface area contributed by atoms with Crippen molar-refractivity contribution in [3.63, 3.8) is 0 Å². The second kappa shape index (κ2) is 4.33. The fourth-order valence-corrected chi connectivity index (χ4v) is 2.51. The molecule has 20 heavy (non-hydrogen) atoms. The molecule has 1 aromatic carbocycles. The van der Waals surface area contributed by atoms with Crippen molar-refractivity contribution < 1.29 is 23.9 Å². The van der Waals surface area contributed by atoms with E-state index in [1.807, 2.05) is 0 Å². The molecular formula is C14H13NO5. The molecule has 0 saturated carbocycles. The van der Waals surface area contributed by atoms with Gasteiger partial charge in [0.15, 0.2) is 5.78 Å². The lowest BCUT2D eigenvalue weighted by Gasteiger charge is -2.30. The van der Waals surface area contributed by atoms with Crippen molar-refractivity contribution in [2.75, 3.05) is 18.5 Å². The summed E-state index contributed by atoms with van der Waals surface area (Å²) in [5, 5.41) is 2.63. The number of esters is 1. The molecule has 1 N–H and O–H groups in total. The van der Waals surface area contributed by atoms with E-state index in [0.29, 0.717) is 17.0 Å². The van der Waals surface area contributed by atoms with Gasteiger partial charge in [-0.1, -0.05) is 0 Å². The number of Topliss-reactive ketones (excluding diaryl/α,β-unsaturated/α-hetero) is 1. The molecule has 2 aliphatic heterocycles. The summed E-state index contributed by atoms with van der Waals surface area (Å²) < 4.78 is 10.5. The third kappa shape index (κ3) is 1.93. The molecule has 1 spiro atoms. The maximum atomic E-state index is 12.5. The van der Waals surface area contributed by atoms with Crippen molar-refractivity contribution in [2.45, 2.75) is 13.3 Å². The summed E-state index contributed by atoms with van der Waals surface area (Å²) in [7, 11) is 0. The van der Waals surface area contributed by atoms with Gasteiger partial charge < -0.3 is 14.8 Å². The molecule has 1 aromatic rings. The molecule has 0 aromatic heterocycles. The van der Waals surface area contributed by atoms with Gasteiger partial charge in [0.05, 0.1) is 12.0 Å². The molecule has 0 bridgehead atoms. The van der Waals surface area contributed by atoms with Crippen LogP contribution in [0.3, 0.4) is 0 Å². The summed E-state index contributed by atoms with van der Waals surface area (Å²) in [5.41, 5.74) is 0.0991. The first-order chi connectivity index (χ1) is 9.50. The number of hydrogen-bond acceptors (Lipinski definition) is 5. The van der Waals surface area contributed by atoms with Gasteiger partial charge in [-0.25, -0.2) is 0 Å². The zero-order valence-corrected chi connectivity index (χ0v) is 10.9. The zero-order valence-electron chi connectivity index (χ0n) is 10.9. The number of ether oxygens (including phenoxy) is 2. The lowest BCUT2D eigenvalue weighted by Crippen LogP contribution is -2.41. The van der Waals surface area contributed by atoms with Gasteiger partial charge >= 0.3 is 5.97 Å². The van der Waals surface area contributed by atoms with Gasteiger partial charge in [-0.05, 0) is 12.1 Å². The van der Waals surface area contributed by atoms with Crippen LogP contribution in [0.2, 0.25) is 0 Å². The molecule has 0 aliphatic carbocycles. The molecule has 1 unspecified atom stereocenters. The van der Waals surface area contributed by atoms with Gasteiger partial charge in [0.1, 0.15) is 24.4 Å².